The number of aromatic nitrogens is 2. The van der Waals surface area contributed by atoms with Gasteiger partial charge in [0.05, 0.1) is 5.69 Å². The zero-order valence-corrected chi connectivity index (χ0v) is 18.8. The van der Waals surface area contributed by atoms with Crippen LogP contribution in [0, 0.1) is 11.6 Å². The summed E-state index contributed by atoms with van der Waals surface area (Å²) in [5, 5.41) is 7.75. The van der Waals surface area contributed by atoms with Gasteiger partial charge in [-0.15, -0.1) is 24.0 Å². The minimum Gasteiger partial charge on any atom is -0.356 e. The Morgan fingerprint density at radius 3 is 2.59 bits per heavy atom. The van der Waals surface area contributed by atoms with Gasteiger partial charge in [-0.25, -0.2) is 8.78 Å². The number of nitrogens with one attached hydrogen (secondary N) is 1. The van der Waals surface area contributed by atoms with Gasteiger partial charge in [-0.2, -0.15) is 5.10 Å². The van der Waals surface area contributed by atoms with Gasteiger partial charge in [0.2, 0.25) is 0 Å². The van der Waals surface area contributed by atoms with Crippen LogP contribution in [-0.2, 0) is 20.0 Å². The van der Waals surface area contributed by atoms with E-state index in [0.29, 0.717) is 37.0 Å². The molecule has 5 nitrogen and oxygen atoms in total. The van der Waals surface area contributed by atoms with E-state index in [1.54, 1.807) is 7.05 Å². The fourth-order valence-electron chi connectivity index (χ4n) is 2.91. The third-order valence-corrected chi connectivity index (χ3v) is 4.16. The monoisotopic (exact) mass is 491 g/mol. The Morgan fingerprint density at radius 1 is 1.30 bits per heavy atom. The molecule has 0 bridgehead atoms. The van der Waals surface area contributed by atoms with Crippen LogP contribution >= 0.6 is 24.0 Å². The van der Waals surface area contributed by atoms with Crippen LogP contribution in [0.1, 0.15) is 36.6 Å². The largest absolute Gasteiger partial charge is 0.356 e. The minimum atomic E-state index is -0.563. The van der Waals surface area contributed by atoms with Crippen LogP contribution in [0.3, 0.4) is 0 Å². The summed E-state index contributed by atoms with van der Waals surface area (Å²) < 4.78 is 28.5. The van der Waals surface area contributed by atoms with Gasteiger partial charge < -0.3 is 10.2 Å². The number of guanidine groups is 1. The summed E-state index contributed by atoms with van der Waals surface area (Å²) in [4.78, 5) is 6.29. The third kappa shape index (κ3) is 6.44. The fourth-order valence-corrected chi connectivity index (χ4v) is 2.91. The van der Waals surface area contributed by atoms with Crippen molar-refractivity contribution in [1.82, 2.24) is 20.0 Å². The Kier molecular flexibility index (Phi) is 9.14. The summed E-state index contributed by atoms with van der Waals surface area (Å²) in [5.74, 6) is -0.0265. The second-order valence-electron chi connectivity index (χ2n) is 6.68. The van der Waals surface area contributed by atoms with Gasteiger partial charge in [0.1, 0.15) is 11.6 Å². The van der Waals surface area contributed by atoms with Gasteiger partial charge in [-0.05, 0) is 24.0 Å². The van der Waals surface area contributed by atoms with Crippen LogP contribution in [0.15, 0.2) is 29.4 Å². The number of aliphatic imine (C=N–C) groups is 1. The number of rotatable bonds is 6. The topological polar surface area (TPSA) is 45.5 Å². The van der Waals surface area contributed by atoms with Crippen molar-refractivity contribution in [2.45, 2.75) is 32.7 Å². The maximum atomic E-state index is 13.7. The lowest BCUT2D eigenvalue weighted by Crippen LogP contribution is -2.39. The van der Waals surface area contributed by atoms with Crippen molar-refractivity contribution >= 4 is 29.9 Å². The van der Waals surface area contributed by atoms with Crippen LogP contribution in [0.2, 0.25) is 0 Å². The first-order valence-electron chi connectivity index (χ1n) is 8.70. The molecule has 0 atom stereocenters. The molecule has 8 heteroatoms. The Morgan fingerprint density at radius 2 is 2.00 bits per heavy atom. The van der Waals surface area contributed by atoms with Gasteiger partial charge in [-0.1, -0.05) is 19.9 Å². The number of nitrogens with zero attached hydrogens (tertiary/aromatic N) is 4. The Labute approximate surface area is 176 Å². The summed E-state index contributed by atoms with van der Waals surface area (Å²) in [6.45, 7) is 5.42. The average Bonchev–Trinajstić information content (AvgIpc) is 2.93. The van der Waals surface area contributed by atoms with Gasteiger partial charge in [0.15, 0.2) is 5.96 Å². The maximum Gasteiger partial charge on any atom is 0.193 e. The molecule has 2 aromatic rings. The predicted molar refractivity (Wildman–Crippen MR) is 116 cm³/mol. The summed E-state index contributed by atoms with van der Waals surface area (Å²) in [6, 6.07) is 3.66. The normalized spacial score (nSPS) is 11.5. The van der Waals surface area contributed by atoms with E-state index in [1.165, 1.54) is 12.1 Å². The second kappa shape index (κ2) is 10.6. The maximum absolute atomic E-state index is 13.7. The molecule has 0 spiro atoms. The molecule has 0 radical (unpaired) electrons. The van der Waals surface area contributed by atoms with Crippen molar-refractivity contribution in [3.05, 3.63) is 52.9 Å². The van der Waals surface area contributed by atoms with E-state index in [-0.39, 0.29) is 24.0 Å². The second-order valence-corrected chi connectivity index (χ2v) is 6.68. The molecule has 0 aliphatic heterocycles. The lowest BCUT2D eigenvalue weighted by Gasteiger charge is -2.22. The fraction of sp³-hybridized carbons (Fsp3) is 0.474. The molecule has 0 aliphatic rings. The highest BCUT2D eigenvalue weighted by molar-refractivity contribution is 14.0. The highest BCUT2D eigenvalue weighted by atomic mass is 127. The number of hydrogen-bond acceptors (Lipinski definition) is 2. The predicted octanol–water partition coefficient (Wildman–Crippen LogP) is 3.69. The molecular weight excluding hydrogens is 463 g/mol. The van der Waals surface area contributed by atoms with E-state index in [2.05, 4.69) is 29.3 Å². The van der Waals surface area contributed by atoms with E-state index in [4.69, 9.17) is 0 Å². The van der Waals surface area contributed by atoms with Crippen molar-refractivity contribution in [2.24, 2.45) is 12.0 Å². The molecular formula is C19H28F2IN5. The highest BCUT2D eigenvalue weighted by Gasteiger charge is 2.15. The van der Waals surface area contributed by atoms with Gasteiger partial charge >= 0.3 is 0 Å². The van der Waals surface area contributed by atoms with Crippen molar-refractivity contribution in [1.29, 1.82) is 0 Å². The molecule has 1 N–H and O–H groups in total. The standard InChI is InChI=1S/C19H27F2N5.HI/c1-13(2)18-15(12-26(5)24-18)11-25(4)19(22-3)23-9-8-14-6-7-16(20)10-17(14)21;/h6-7,10,12-13H,8-9,11H2,1-5H3,(H,22,23);1H. The van der Waals surface area contributed by atoms with E-state index in [1.807, 2.05) is 29.9 Å². The molecule has 0 fully saturated rings. The van der Waals surface area contributed by atoms with Crippen LogP contribution < -0.4 is 5.32 Å². The molecule has 2 rings (SSSR count). The van der Waals surface area contributed by atoms with Gasteiger partial charge in [0, 0.05) is 52.1 Å². The van der Waals surface area contributed by atoms with Crippen LogP contribution in [0.25, 0.3) is 0 Å². The summed E-state index contributed by atoms with van der Waals surface area (Å²) in [5.41, 5.74) is 2.70. The minimum absolute atomic E-state index is 0. The SMILES string of the molecule is CN=C(NCCc1ccc(F)cc1F)N(C)Cc1cn(C)nc1C(C)C.I. The number of halogens is 3. The first-order valence-corrected chi connectivity index (χ1v) is 8.70. The van der Waals surface area contributed by atoms with Crippen molar-refractivity contribution < 1.29 is 8.78 Å². The summed E-state index contributed by atoms with van der Waals surface area (Å²) in [7, 11) is 5.58. The van der Waals surface area contributed by atoms with Crippen molar-refractivity contribution in [3.63, 3.8) is 0 Å². The Balaban J connectivity index is 0.00000364. The average molecular weight is 491 g/mol. The van der Waals surface area contributed by atoms with Crippen LogP contribution in [0.4, 0.5) is 8.78 Å². The van der Waals surface area contributed by atoms with E-state index in [9.17, 15) is 8.78 Å². The number of benzene rings is 1. The molecule has 150 valence electrons. The van der Waals surface area contributed by atoms with Gasteiger partial charge in [-0.3, -0.25) is 9.67 Å². The zero-order valence-electron chi connectivity index (χ0n) is 16.5. The molecule has 0 saturated heterocycles. The van der Waals surface area contributed by atoms with Gasteiger partial charge in [0.25, 0.3) is 0 Å². The number of hydrogen-bond donors (Lipinski definition) is 1. The van der Waals surface area contributed by atoms with E-state index >= 15 is 0 Å². The Hall–Kier alpha value is -1.71. The molecule has 0 saturated carbocycles. The lowest BCUT2D eigenvalue weighted by molar-refractivity contribution is 0.473. The molecule has 27 heavy (non-hydrogen) atoms. The summed E-state index contributed by atoms with van der Waals surface area (Å²) >= 11 is 0. The third-order valence-electron chi connectivity index (χ3n) is 4.16. The lowest BCUT2D eigenvalue weighted by atomic mass is 10.1. The quantitative estimate of drug-likeness (QED) is 0.381. The summed E-state index contributed by atoms with van der Waals surface area (Å²) in [6.07, 6.45) is 2.47. The molecule has 0 unspecified atom stereocenters. The zero-order chi connectivity index (χ0) is 19.3. The van der Waals surface area contributed by atoms with Crippen LogP contribution in [0.5, 0.6) is 0 Å². The van der Waals surface area contributed by atoms with Crippen molar-refractivity contribution in [2.75, 3.05) is 20.6 Å². The molecule has 1 aromatic carbocycles. The highest BCUT2D eigenvalue weighted by Crippen LogP contribution is 2.18. The smallest absolute Gasteiger partial charge is 0.193 e. The molecule has 1 aromatic heterocycles. The first-order chi connectivity index (χ1) is 12.3. The Bertz CT molecular complexity index is 773. The van der Waals surface area contributed by atoms with Crippen molar-refractivity contribution in [3.8, 4) is 0 Å². The molecule has 0 aliphatic carbocycles. The van der Waals surface area contributed by atoms with E-state index in [0.717, 1.165) is 17.3 Å². The molecule has 1 heterocycles. The van der Waals surface area contributed by atoms with Crippen LogP contribution in [-0.4, -0.2) is 41.3 Å². The molecule has 0 amide bonds. The first kappa shape index (κ1) is 23.3. The van der Waals surface area contributed by atoms with E-state index < -0.39 is 11.6 Å². The number of aryl methyl sites for hydroxylation is 1.